The maximum absolute atomic E-state index is 13.0. The van der Waals surface area contributed by atoms with Gasteiger partial charge in [0, 0.05) is 17.8 Å². The number of nitrogens with one attached hydrogen (secondary N) is 1. The van der Waals surface area contributed by atoms with Gasteiger partial charge in [0.2, 0.25) is 0 Å². The highest BCUT2D eigenvalue weighted by atomic mass is 16.2. The molecule has 1 N–H and O–H groups in total. The number of carbonyl (C=O) groups is 2. The highest BCUT2D eigenvalue weighted by Gasteiger charge is 2.36. The van der Waals surface area contributed by atoms with Gasteiger partial charge in [-0.1, -0.05) is 36.8 Å². The lowest BCUT2D eigenvalue weighted by Crippen LogP contribution is -2.48. The third-order valence-corrected chi connectivity index (χ3v) is 6.81. The number of aryl methyl sites for hydroxylation is 2. The second kappa shape index (κ2) is 8.12. The Balaban J connectivity index is 1.64. The van der Waals surface area contributed by atoms with Crippen molar-refractivity contribution in [2.24, 2.45) is 0 Å². The van der Waals surface area contributed by atoms with Crippen LogP contribution in [0, 0.1) is 13.8 Å². The Morgan fingerprint density at radius 2 is 1.81 bits per heavy atom. The fourth-order valence-electron chi connectivity index (χ4n) is 5.15. The summed E-state index contributed by atoms with van der Waals surface area (Å²) in [7, 11) is 0. The molecule has 2 aliphatic heterocycles. The maximum Gasteiger partial charge on any atom is 0.329 e. The molecule has 1 unspecified atom stereocenters. The largest absolute Gasteiger partial charge is 0.366 e. The van der Waals surface area contributed by atoms with Crippen LogP contribution in [0.15, 0.2) is 42.1 Å². The number of nitrogens with zero attached hydrogens (tertiary/aromatic N) is 2. The van der Waals surface area contributed by atoms with Gasteiger partial charge in [-0.25, -0.2) is 4.79 Å². The van der Waals surface area contributed by atoms with Crippen LogP contribution in [0.1, 0.15) is 67.9 Å². The molecule has 1 saturated heterocycles. The second-order valence-electron chi connectivity index (χ2n) is 9.79. The maximum atomic E-state index is 13.0. The Kier molecular flexibility index (Phi) is 5.61. The van der Waals surface area contributed by atoms with Gasteiger partial charge in [-0.2, -0.15) is 0 Å². The Morgan fingerprint density at radius 3 is 2.47 bits per heavy atom. The van der Waals surface area contributed by atoms with Crippen molar-refractivity contribution in [2.75, 3.05) is 11.4 Å². The fourth-order valence-corrected chi connectivity index (χ4v) is 5.15. The molecule has 2 heterocycles. The number of rotatable bonds is 4. The first kappa shape index (κ1) is 22.1. The lowest BCUT2D eigenvalue weighted by atomic mass is 9.79. The molecule has 168 valence electrons. The van der Waals surface area contributed by atoms with Gasteiger partial charge in [0.05, 0.1) is 6.54 Å². The van der Waals surface area contributed by atoms with Crippen LogP contribution in [0.4, 0.5) is 10.5 Å². The van der Waals surface area contributed by atoms with E-state index in [0.717, 1.165) is 35.2 Å². The van der Waals surface area contributed by atoms with Crippen LogP contribution in [0.2, 0.25) is 0 Å². The zero-order chi connectivity index (χ0) is 23.2. The zero-order valence-corrected chi connectivity index (χ0v) is 20.0. The van der Waals surface area contributed by atoms with Crippen molar-refractivity contribution in [2.45, 2.75) is 66.0 Å². The third-order valence-electron chi connectivity index (χ3n) is 6.81. The summed E-state index contributed by atoms with van der Waals surface area (Å²) >= 11 is 0. The summed E-state index contributed by atoms with van der Waals surface area (Å²) in [4.78, 5) is 29.3. The number of hydrogen-bond donors (Lipinski definition) is 1. The molecule has 3 amide bonds. The van der Waals surface area contributed by atoms with E-state index in [-0.39, 0.29) is 24.0 Å². The van der Waals surface area contributed by atoms with Crippen LogP contribution < -0.4 is 10.2 Å². The number of carbonyl (C=O) groups excluding carboxylic acids is 2. The molecule has 0 saturated carbocycles. The molecular weight excluding hydrogens is 398 g/mol. The number of benzene rings is 2. The van der Waals surface area contributed by atoms with Crippen LogP contribution in [0.3, 0.4) is 0 Å². The molecule has 0 bridgehead atoms. The van der Waals surface area contributed by atoms with Gasteiger partial charge in [0.25, 0.3) is 5.91 Å². The average Bonchev–Trinajstić information content (AvgIpc) is 2.98. The average molecular weight is 432 g/mol. The van der Waals surface area contributed by atoms with Crippen LogP contribution in [-0.4, -0.2) is 28.9 Å². The second-order valence-corrected chi connectivity index (χ2v) is 9.79. The first-order chi connectivity index (χ1) is 15.1. The van der Waals surface area contributed by atoms with Crippen molar-refractivity contribution < 1.29 is 9.59 Å². The van der Waals surface area contributed by atoms with Crippen molar-refractivity contribution in [1.82, 2.24) is 10.2 Å². The summed E-state index contributed by atoms with van der Waals surface area (Å²) in [5, 5.41) is 2.77. The van der Waals surface area contributed by atoms with Crippen LogP contribution in [-0.2, 0) is 11.3 Å². The number of hydrogen-bond acceptors (Lipinski definition) is 3. The monoisotopic (exact) mass is 431 g/mol. The number of urea groups is 1. The standard InChI is InChI=1S/C27H33N3O2/c1-7-30-24-12-18(3)21(13-22(24)19(4)15-27(30,5)6)14-23-25(31)29(26(32)28-23)16-20-10-8-17(2)9-11-20/h8-14,19H,7,15-16H2,1-6H3,(H,28,32)/b23-14-. The van der Waals surface area contributed by atoms with E-state index in [1.165, 1.54) is 16.2 Å². The van der Waals surface area contributed by atoms with Crippen molar-refractivity contribution in [3.8, 4) is 0 Å². The molecule has 5 nitrogen and oxygen atoms in total. The van der Waals surface area contributed by atoms with Crippen LogP contribution >= 0.6 is 0 Å². The predicted octanol–water partition coefficient (Wildman–Crippen LogP) is 5.51. The molecule has 32 heavy (non-hydrogen) atoms. The number of anilines is 1. The van der Waals surface area contributed by atoms with E-state index in [4.69, 9.17) is 0 Å². The Bertz CT molecular complexity index is 1100. The summed E-state index contributed by atoms with van der Waals surface area (Å²) in [6, 6.07) is 11.9. The molecule has 0 radical (unpaired) electrons. The summed E-state index contributed by atoms with van der Waals surface area (Å²) in [6.07, 6.45) is 2.90. The minimum atomic E-state index is -0.371. The fraction of sp³-hybridized carbons (Fsp3) is 0.407. The zero-order valence-electron chi connectivity index (χ0n) is 20.0. The SMILES string of the molecule is CCN1c2cc(C)c(/C=C3\NC(=O)N(Cc4ccc(C)cc4)C3=O)cc2C(C)CC1(C)C. The van der Waals surface area contributed by atoms with Crippen molar-refractivity contribution in [1.29, 1.82) is 0 Å². The van der Waals surface area contributed by atoms with E-state index in [2.05, 4.69) is 57.0 Å². The third kappa shape index (κ3) is 3.92. The van der Waals surface area contributed by atoms with Gasteiger partial charge in [-0.05, 0) is 87.4 Å². The number of fused-ring (bicyclic) bond motifs is 1. The first-order valence-corrected chi connectivity index (χ1v) is 11.4. The van der Waals surface area contributed by atoms with E-state index < -0.39 is 0 Å². The van der Waals surface area contributed by atoms with Gasteiger partial charge in [0.1, 0.15) is 5.70 Å². The smallest absolute Gasteiger partial charge is 0.329 e. The molecule has 0 aromatic heterocycles. The lowest BCUT2D eigenvalue weighted by molar-refractivity contribution is -0.123. The molecule has 2 aromatic rings. The number of amides is 3. The lowest BCUT2D eigenvalue weighted by Gasteiger charge is -2.47. The van der Waals surface area contributed by atoms with Crippen LogP contribution in [0.25, 0.3) is 6.08 Å². The normalized spacial score (nSPS) is 21.2. The van der Waals surface area contributed by atoms with Gasteiger partial charge in [0.15, 0.2) is 0 Å². The van der Waals surface area contributed by atoms with E-state index in [1.54, 1.807) is 0 Å². The predicted molar refractivity (Wildman–Crippen MR) is 130 cm³/mol. The molecule has 4 rings (SSSR count). The van der Waals surface area contributed by atoms with E-state index in [9.17, 15) is 9.59 Å². The quantitative estimate of drug-likeness (QED) is 0.513. The van der Waals surface area contributed by atoms with Gasteiger partial charge < -0.3 is 10.2 Å². The molecule has 2 aromatic carbocycles. The van der Waals surface area contributed by atoms with Crippen LogP contribution in [0.5, 0.6) is 0 Å². The highest BCUT2D eigenvalue weighted by molar-refractivity contribution is 6.14. The summed E-state index contributed by atoms with van der Waals surface area (Å²) < 4.78 is 0. The molecular formula is C27H33N3O2. The molecule has 1 fully saturated rings. The molecule has 0 spiro atoms. The molecule has 0 aliphatic carbocycles. The minimum absolute atomic E-state index is 0.111. The van der Waals surface area contributed by atoms with Crippen molar-refractivity contribution >= 4 is 23.7 Å². The van der Waals surface area contributed by atoms with Gasteiger partial charge >= 0.3 is 6.03 Å². The Hall–Kier alpha value is -3.08. The van der Waals surface area contributed by atoms with E-state index >= 15 is 0 Å². The van der Waals surface area contributed by atoms with Crippen molar-refractivity contribution in [3.05, 3.63) is 69.9 Å². The molecule has 2 aliphatic rings. The van der Waals surface area contributed by atoms with Gasteiger partial charge in [-0.3, -0.25) is 9.69 Å². The highest BCUT2D eigenvalue weighted by Crippen LogP contribution is 2.44. The molecule has 1 atom stereocenters. The summed E-state index contributed by atoms with van der Waals surface area (Å²) in [5.74, 6) is 0.143. The summed E-state index contributed by atoms with van der Waals surface area (Å²) in [5.41, 5.74) is 7.18. The summed E-state index contributed by atoms with van der Waals surface area (Å²) in [6.45, 7) is 14.4. The topological polar surface area (TPSA) is 52.7 Å². The van der Waals surface area contributed by atoms with Crippen molar-refractivity contribution in [3.63, 3.8) is 0 Å². The minimum Gasteiger partial charge on any atom is -0.366 e. The Morgan fingerprint density at radius 1 is 1.12 bits per heavy atom. The molecule has 5 heteroatoms. The van der Waals surface area contributed by atoms with Gasteiger partial charge in [-0.15, -0.1) is 0 Å². The Labute approximate surface area is 191 Å². The van der Waals surface area contributed by atoms with E-state index in [1.807, 2.05) is 37.3 Å². The number of imide groups is 1. The first-order valence-electron chi connectivity index (χ1n) is 11.4. The van der Waals surface area contributed by atoms with E-state index in [0.29, 0.717) is 11.6 Å².